The van der Waals surface area contributed by atoms with Gasteiger partial charge in [0.1, 0.15) is 34.7 Å². The van der Waals surface area contributed by atoms with Gasteiger partial charge in [0.2, 0.25) is 5.91 Å². The van der Waals surface area contributed by atoms with Crippen molar-refractivity contribution >= 4 is 34.3 Å². The van der Waals surface area contributed by atoms with Crippen molar-refractivity contribution in [1.82, 2.24) is 15.3 Å². The first kappa shape index (κ1) is 32.4. The highest BCUT2D eigenvalue weighted by atomic mass is 35.5. The van der Waals surface area contributed by atoms with Crippen molar-refractivity contribution in [3.05, 3.63) is 81.6 Å². The second-order valence-corrected chi connectivity index (χ2v) is 12.3. The van der Waals surface area contributed by atoms with Crippen molar-refractivity contribution in [2.75, 3.05) is 13.2 Å². The molecule has 1 unspecified atom stereocenters. The van der Waals surface area contributed by atoms with Gasteiger partial charge in [-0.2, -0.15) is 8.78 Å². The Morgan fingerprint density at radius 1 is 1.21 bits per heavy atom. The molecular formula is C32H26ClF5N4O5. The van der Waals surface area contributed by atoms with Crippen LogP contribution in [0.1, 0.15) is 46.9 Å². The maximum absolute atomic E-state index is 16.2. The van der Waals surface area contributed by atoms with Crippen LogP contribution >= 0.6 is 11.6 Å². The number of aliphatic hydroxyl groups is 1. The maximum Gasteiger partial charge on any atom is 0.387 e. The number of nitrogens with two attached hydrogens (primary N) is 1. The van der Waals surface area contributed by atoms with Gasteiger partial charge in [0.25, 0.3) is 5.91 Å². The average Bonchev–Trinajstić information content (AvgIpc) is 3.69. The molecule has 1 saturated carbocycles. The van der Waals surface area contributed by atoms with E-state index in [1.807, 2.05) is 0 Å². The quantitative estimate of drug-likeness (QED) is 0.160. The van der Waals surface area contributed by atoms with E-state index < -0.39 is 58.3 Å². The predicted octanol–water partition coefficient (Wildman–Crippen LogP) is 5.39. The second kappa shape index (κ2) is 11.3. The van der Waals surface area contributed by atoms with Crippen LogP contribution in [0.2, 0.25) is 5.02 Å². The summed E-state index contributed by atoms with van der Waals surface area (Å²) in [7, 11) is 0. The summed E-state index contributed by atoms with van der Waals surface area (Å²) in [5.74, 6) is -4.81. The van der Waals surface area contributed by atoms with Crippen LogP contribution in [0.15, 0.2) is 42.6 Å². The summed E-state index contributed by atoms with van der Waals surface area (Å²) in [5, 5.41) is 14.1. The molecule has 0 bridgehead atoms. The first-order chi connectivity index (χ1) is 22.1. The number of nitrogens with zero attached hydrogens (tertiary/aromatic N) is 2. The lowest BCUT2D eigenvalue weighted by Crippen LogP contribution is -2.49. The summed E-state index contributed by atoms with van der Waals surface area (Å²) in [6, 6.07) is 7.13. The van der Waals surface area contributed by atoms with Crippen molar-refractivity contribution in [2.24, 2.45) is 5.73 Å². The highest BCUT2D eigenvalue weighted by molar-refractivity contribution is 6.33. The third-order valence-electron chi connectivity index (χ3n) is 8.63. The number of rotatable bonds is 9. The largest absolute Gasteiger partial charge is 0.489 e. The van der Waals surface area contributed by atoms with Gasteiger partial charge in [-0.3, -0.25) is 14.6 Å². The van der Waals surface area contributed by atoms with Crippen LogP contribution in [0.3, 0.4) is 0 Å². The number of alkyl halides is 3. The third kappa shape index (κ3) is 5.38. The average molecular weight is 677 g/mol. The van der Waals surface area contributed by atoms with Crippen LogP contribution in [0.4, 0.5) is 22.0 Å². The Balaban J connectivity index is 1.44. The summed E-state index contributed by atoms with van der Waals surface area (Å²) in [6.45, 7) is -1.14. The first-order valence-electron chi connectivity index (χ1n) is 14.3. The van der Waals surface area contributed by atoms with Gasteiger partial charge in [-0.1, -0.05) is 11.6 Å². The molecular weight excluding hydrogens is 651 g/mol. The molecule has 0 spiro atoms. The molecule has 2 aromatic carbocycles. The van der Waals surface area contributed by atoms with Gasteiger partial charge in [-0.25, -0.2) is 18.2 Å². The van der Waals surface area contributed by atoms with Crippen LogP contribution in [0.5, 0.6) is 11.5 Å². The minimum absolute atomic E-state index is 0.0651. The van der Waals surface area contributed by atoms with E-state index in [-0.39, 0.29) is 64.5 Å². The minimum atomic E-state index is -3.22. The molecule has 246 valence electrons. The number of primary amides is 1. The number of aromatic nitrogens is 2. The molecule has 9 nitrogen and oxygen atoms in total. The van der Waals surface area contributed by atoms with Gasteiger partial charge in [0.15, 0.2) is 23.0 Å². The molecule has 2 aliphatic rings. The fraction of sp³-hybridized carbons (Fsp3) is 0.312. The summed E-state index contributed by atoms with van der Waals surface area (Å²) in [5.41, 5.74) is -0.830. The molecule has 47 heavy (non-hydrogen) atoms. The van der Waals surface area contributed by atoms with Gasteiger partial charge in [-0.05, 0) is 68.7 Å². The molecule has 0 radical (unpaired) electrons. The van der Waals surface area contributed by atoms with Crippen molar-refractivity contribution < 1.29 is 46.1 Å². The molecule has 1 fully saturated rings. The number of pyridine rings is 2. The van der Waals surface area contributed by atoms with Crippen LogP contribution in [0.25, 0.3) is 22.2 Å². The Kier molecular flexibility index (Phi) is 7.79. The van der Waals surface area contributed by atoms with Gasteiger partial charge in [-0.15, -0.1) is 0 Å². The summed E-state index contributed by atoms with van der Waals surface area (Å²) < 4.78 is 81.4. The predicted molar refractivity (Wildman–Crippen MR) is 159 cm³/mol. The zero-order chi connectivity index (χ0) is 34.1. The third-order valence-corrected chi connectivity index (χ3v) is 9.00. The Hall–Kier alpha value is -4.56. The van der Waals surface area contributed by atoms with E-state index >= 15 is 4.39 Å². The van der Waals surface area contributed by atoms with E-state index in [1.165, 1.54) is 25.3 Å². The normalized spacial score (nSPS) is 19.2. The molecule has 2 atom stereocenters. The standard InChI is InChI=1S/C32H26ClF5N4O5/c1-14-7-15-8-16(9-20(47-29(36)37)24(15)40-11-14)27(43)41-12-32(45,31(38)5-6-31)21-10-18-26(46-13-30(18,2)28(39)44)25(42-21)17-3-4-19(34)23(35)22(17)33/h3-4,7-11,29,45H,5-6,12-13H2,1-2H3,(H2,39,44)(H,41,43)/t30-,32?/m0/s1. The van der Waals surface area contributed by atoms with E-state index in [1.54, 1.807) is 13.0 Å². The van der Waals surface area contributed by atoms with E-state index in [9.17, 15) is 32.3 Å². The molecule has 1 aliphatic carbocycles. The smallest absolute Gasteiger partial charge is 0.387 e. The van der Waals surface area contributed by atoms with Gasteiger partial charge in [0.05, 0.1) is 17.3 Å². The minimum Gasteiger partial charge on any atom is -0.489 e. The van der Waals surface area contributed by atoms with E-state index in [0.29, 0.717) is 10.9 Å². The highest BCUT2D eigenvalue weighted by Crippen LogP contribution is 2.55. The Bertz CT molecular complexity index is 1980. The van der Waals surface area contributed by atoms with Crippen molar-refractivity contribution in [3.63, 3.8) is 0 Å². The van der Waals surface area contributed by atoms with Crippen LogP contribution in [-0.4, -0.2) is 52.3 Å². The lowest BCUT2D eigenvalue weighted by Gasteiger charge is -2.33. The number of fused-ring (bicyclic) bond motifs is 2. The Morgan fingerprint density at radius 2 is 1.94 bits per heavy atom. The van der Waals surface area contributed by atoms with Crippen LogP contribution in [-0.2, 0) is 15.8 Å². The molecule has 6 rings (SSSR count). The van der Waals surface area contributed by atoms with Gasteiger partial charge >= 0.3 is 6.61 Å². The molecule has 4 aromatic rings. The SMILES string of the molecule is Cc1cnc2c(OC(F)F)cc(C(=O)NCC(O)(c3cc4c(c(-c5ccc(F)c(F)c5Cl)n3)OC[C@]4(C)C(N)=O)C3(F)CC3)cc2c1. The number of hydrogen-bond donors (Lipinski definition) is 3. The molecule has 2 amide bonds. The van der Waals surface area contributed by atoms with Crippen molar-refractivity contribution in [1.29, 1.82) is 0 Å². The number of hydrogen-bond acceptors (Lipinski definition) is 7. The second-order valence-electron chi connectivity index (χ2n) is 11.9. The lowest BCUT2D eigenvalue weighted by molar-refractivity contribution is -0.123. The van der Waals surface area contributed by atoms with Crippen molar-refractivity contribution in [3.8, 4) is 22.8 Å². The monoisotopic (exact) mass is 676 g/mol. The molecule has 4 N–H and O–H groups in total. The van der Waals surface area contributed by atoms with E-state index in [2.05, 4.69) is 20.0 Å². The molecule has 0 saturated heterocycles. The molecule has 2 aromatic heterocycles. The number of aryl methyl sites for hydroxylation is 1. The van der Waals surface area contributed by atoms with Crippen LogP contribution in [0, 0.1) is 18.6 Å². The Labute approximate surface area is 268 Å². The van der Waals surface area contributed by atoms with Crippen LogP contribution < -0.4 is 20.5 Å². The number of carbonyl (C=O) groups excluding carboxylic acids is 2. The topological polar surface area (TPSA) is 137 Å². The number of ether oxygens (including phenoxy) is 2. The molecule has 3 heterocycles. The number of amides is 2. The lowest BCUT2D eigenvalue weighted by atomic mass is 9.80. The first-order valence-corrected chi connectivity index (χ1v) is 14.6. The fourth-order valence-electron chi connectivity index (χ4n) is 5.65. The number of carbonyl (C=O) groups is 2. The zero-order valence-electron chi connectivity index (χ0n) is 24.8. The summed E-state index contributed by atoms with van der Waals surface area (Å²) in [4.78, 5) is 34.5. The van der Waals surface area contributed by atoms with E-state index in [4.69, 9.17) is 22.1 Å². The van der Waals surface area contributed by atoms with Gasteiger partial charge in [0, 0.05) is 28.3 Å². The van der Waals surface area contributed by atoms with E-state index in [0.717, 1.165) is 18.2 Å². The fourth-order valence-corrected chi connectivity index (χ4v) is 5.89. The zero-order valence-corrected chi connectivity index (χ0v) is 25.5. The summed E-state index contributed by atoms with van der Waals surface area (Å²) in [6.07, 6.45) is 1.16. The summed E-state index contributed by atoms with van der Waals surface area (Å²) >= 11 is 6.15. The number of nitrogens with one attached hydrogen (secondary N) is 1. The number of benzene rings is 2. The highest BCUT2D eigenvalue weighted by Gasteiger charge is 2.62. The molecule has 1 aliphatic heterocycles. The van der Waals surface area contributed by atoms with Gasteiger partial charge < -0.3 is 25.6 Å². The maximum atomic E-state index is 16.2. The van der Waals surface area contributed by atoms with Crippen molar-refractivity contribution in [2.45, 2.75) is 50.0 Å². The Morgan fingerprint density at radius 3 is 2.60 bits per heavy atom. The molecule has 15 heteroatoms. The number of halogens is 6.